The number of rotatable bonds is 4. The predicted molar refractivity (Wildman–Crippen MR) is 66.6 cm³/mol. The molecule has 1 atom stereocenters. The van der Waals surface area contributed by atoms with E-state index >= 15 is 0 Å². The highest BCUT2D eigenvalue weighted by molar-refractivity contribution is 7.10. The fourth-order valence-electron chi connectivity index (χ4n) is 2.27. The molecule has 1 N–H and O–H groups in total. The Morgan fingerprint density at radius 2 is 2.59 bits per heavy atom. The molecule has 5 nitrogen and oxygen atoms in total. The fourth-order valence-corrected chi connectivity index (χ4v) is 3.27. The Hall–Kier alpha value is -1.54. The summed E-state index contributed by atoms with van der Waals surface area (Å²) in [7, 11) is 0. The molecule has 6 heteroatoms. The molecule has 0 aromatic carbocycles. The third-order valence-electron chi connectivity index (χ3n) is 3.05. The number of azide groups is 1. The van der Waals surface area contributed by atoms with Crippen LogP contribution in [0.4, 0.5) is 0 Å². The molecule has 2 rings (SSSR count). The lowest BCUT2D eigenvalue weighted by Gasteiger charge is -2.32. The number of hydrogen-bond acceptors (Lipinski definition) is 4. The Bertz CT molecular complexity index is 482. The summed E-state index contributed by atoms with van der Waals surface area (Å²) in [6.45, 7) is 0.909. The van der Waals surface area contributed by atoms with E-state index in [9.17, 15) is 5.26 Å². The molecule has 0 spiro atoms. The van der Waals surface area contributed by atoms with Gasteiger partial charge in [-0.2, -0.15) is 5.26 Å². The second kappa shape index (κ2) is 5.19. The van der Waals surface area contributed by atoms with Gasteiger partial charge in [0.05, 0.1) is 6.07 Å². The molecule has 0 amide bonds. The van der Waals surface area contributed by atoms with E-state index in [1.54, 1.807) is 11.3 Å². The number of fused-ring (bicyclic) bond motifs is 1. The molecule has 1 heterocycles. The van der Waals surface area contributed by atoms with Gasteiger partial charge in [0.15, 0.2) is 0 Å². The zero-order chi connectivity index (χ0) is 12.1. The Labute approximate surface area is 104 Å². The number of aryl methyl sites for hydroxylation is 1. The largest absolute Gasteiger partial charge is 0.295 e. The summed E-state index contributed by atoms with van der Waals surface area (Å²) >= 11 is 1.71. The van der Waals surface area contributed by atoms with E-state index in [0.717, 1.165) is 24.8 Å². The standard InChI is InChI=1S/C11H13N5S/c12-8-11(14-5-6-15-16-13)4-1-2-10-9(11)3-7-17-10/h3,7,14H,1-2,4-6H2. The molecule has 0 aliphatic heterocycles. The Balaban J connectivity index is 2.16. The minimum absolute atomic E-state index is 0.374. The molecule has 0 saturated carbocycles. The fraction of sp³-hybridized carbons (Fsp3) is 0.545. The lowest BCUT2D eigenvalue weighted by Crippen LogP contribution is -2.44. The van der Waals surface area contributed by atoms with Crippen molar-refractivity contribution in [2.75, 3.05) is 13.1 Å². The van der Waals surface area contributed by atoms with Gasteiger partial charge in [-0.1, -0.05) is 5.11 Å². The van der Waals surface area contributed by atoms with Crippen molar-refractivity contribution in [3.05, 3.63) is 32.3 Å². The van der Waals surface area contributed by atoms with E-state index in [-0.39, 0.29) is 0 Å². The van der Waals surface area contributed by atoms with Gasteiger partial charge in [-0.3, -0.25) is 5.32 Å². The van der Waals surface area contributed by atoms with Crippen molar-refractivity contribution in [3.8, 4) is 6.07 Å². The summed E-state index contributed by atoms with van der Waals surface area (Å²) in [5.41, 5.74) is 8.74. The van der Waals surface area contributed by atoms with Gasteiger partial charge in [0.25, 0.3) is 0 Å². The van der Waals surface area contributed by atoms with Gasteiger partial charge in [0.2, 0.25) is 0 Å². The maximum atomic E-state index is 9.45. The normalized spacial score (nSPS) is 22.3. The van der Waals surface area contributed by atoms with Crippen molar-refractivity contribution in [3.63, 3.8) is 0 Å². The van der Waals surface area contributed by atoms with E-state index in [4.69, 9.17) is 5.53 Å². The smallest absolute Gasteiger partial charge is 0.133 e. The van der Waals surface area contributed by atoms with Crippen LogP contribution in [0.2, 0.25) is 0 Å². The van der Waals surface area contributed by atoms with Crippen LogP contribution in [0.3, 0.4) is 0 Å². The quantitative estimate of drug-likeness (QED) is 0.384. The van der Waals surface area contributed by atoms with Crippen LogP contribution in [0.15, 0.2) is 16.6 Å². The van der Waals surface area contributed by atoms with Gasteiger partial charge in [-0.05, 0) is 36.2 Å². The number of nitrogens with one attached hydrogen (secondary N) is 1. The summed E-state index contributed by atoms with van der Waals surface area (Å²) in [6.07, 6.45) is 2.91. The zero-order valence-corrected chi connectivity index (χ0v) is 10.2. The molecule has 0 radical (unpaired) electrons. The molecular formula is C11H13N5S. The minimum Gasteiger partial charge on any atom is -0.295 e. The van der Waals surface area contributed by atoms with Crippen molar-refractivity contribution in [1.82, 2.24) is 5.32 Å². The van der Waals surface area contributed by atoms with Crippen LogP contribution in [-0.2, 0) is 12.0 Å². The van der Waals surface area contributed by atoms with Gasteiger partial charge in [0, 0.05) is 28.4 Å². The summed E-state index contributed by atoms with van der Waals surface area (Å²) in [5.74, 6) is 0. The molecule has 0 saturated heterocycles. The monoisotopic (exact) mass is 247 g/mol. The van der Waals surface area contributed by atoms with Crippen molar-refractivity contribution < 1.29 is 0 Å². The van der Waals surface area contributed by atoms with Gasteiger partial charge >= 0.3 is 0 Å². The van der Waals surface area contributed by atoms with E-state index in [0.29, 0.717) is 13.1 Å². The first-order chi connectivity index (χ1) is 8.32. The summed E-state index contributed by atoms with van der Waals surface area (Å²) in [6, 6.07) is 4.43. The number of nitrogens with zero attached hydrogens (tertiary/aromatic N) is 4. The van der Waals surface area contributed by atoms with Crippen molar-refractivity contribution in [2.45, 2.75) is 24.8 Å². The lowest BCUT2D eigenvalue weighted by atomic mass is 9.81. The maximum Gasteiger partial charge on any atom is 0.133 e. The van der Waals surface area contributed by atoms with Crippen molar-refractivity contribution in [1.29, 1.82) is 5.26 Å². The first-order valence-electron chi connectivity index (χ1n) is 5.56. The highest BCUT2D eigenvalue weighted by atomic mass is 32.1. The highest BCUT2D eigenvalue weighted by Gasteiger charge is 2.36. The number of hydrogen-bond donors (Lipinski definition) is 1. The first-order valence-corrected chi connectivity index (χ1v) is 6.44. The lowest BCUT2D eigenvalue weighted by molar-refractivity contribution is 0.374. The van der Waals surface area contributed by atoms with Crippen molar-refractivity contribution >= 4 is 11.3 Å². The van der Waals surface area contributed by atoms with Crippen LogP contribution in [0, 0.1) is 11.3 Å². The van der Waals surface area contributed by atoms with Gasteiger partial charge in [0.1, 0.15) is 5.54 Å². The van der Waals surface area contributed by atoms with Gasteiger partial charge in [-0.15, -0.1) is 11.3 Å². The Morgan fingerprint density at radius 1 is 1.71 bits per heavy atom. The summed E-state index contributed by atoms with van der Waals surface area (Å²) < 4.78 is 0. The molecule has 0 fully saturated rings. The third kappa shape index (κ3) is 2.27. The second-order valence-electron chi connectivity index (χ2n) is 4.01. The number of thiophene rings is 1. The molecule has 1 aromatic heterocycles. The SMILES string of the molecule is N#CC1(NCCN=[N+]=[N-])CCCc2sccc21. The molecule has 17 heavy (non-hydrogen) atoms. The molecular weight excluding hydrogens is 234 g/mol. The average molecular weight is 247 g/mol. The number of nitriles is 1. The van der Waals surface area contributed by atoms with Crippen LogP contribution in [0.25, 0.3) is 10.4 Å². The van der Waals surface area contributed by atoms with Crippen LogP contribution >= 0.6 is 11.3 Å². The van der Waals surface area contributed by atoms with Crippen LogP contribution in [-0.4, -0.2) is 13.1 Å². The second-order valence-corrected chi connectivity index (χ2v) is 5.01. The minimum atomic E-state index is -0.585. The summed E-state index contributed by atoms with van der Waals surface area (Å²) in [5, 5.41) is 18.2. The van der Waals surface area contributed by atoms with Gasteiger partial charge in [-0.25, -0.2) is 0 Å². The predicted octanol–water partition coefficient (Wildman–Crippen LogP) is 2.70. The van der Waals surface area contributed by atoms with Crippen LogP contribution in [0.1, 0.15) is 23.3 Å². The molecule has 1 aliphatic carbocycles. The molecule has 88 valence electrons. The van der Waals surface area contributed by atoms with E-state index < -0.39 is 5.54 Å². The highest BCUT2D eigenvalue weighted by Crippen LogP contribution is 2.37. The van der Waals surface area contributed by atoms with Crippen molar-refractivity contribution in [2.24, 2.45) is 5.11 Å². The molecule has 0 bridgehead atoms. The van der Waals surface area contributed by atoms with E-state index in [1.807, 2.05) is 11.4 Å². The van der Waals surface area contributed by atoms with E-state index in [1.165, 1.54) is 4.88 Å². The Morgan fingerprint density at radius 3 is 3.35 bits per heavy atom. The first kappa shape index (κ1) is 11.9. The summed E-state index contributed by atoms with van der Waals surface area (Å²) in [4.78, 5) is 4.01. The Kier molecular flexibility index (Phi) is 3.64. The average Bonchev–Trinajstić information content (AvgIpc) is 2.84. The van der Waals surface area contributed by atoms with E-state index in [2.05, 4.69) is 21.4 Å². The maximum absolute atomic E-state index is 9.45. The topological polar surface area (TPSA) is 84.6 Å². The molecule has 1 aromatic rings. The van der Waals surface area contributed by atoms with Gasteiger partial charge < -0.3 is 0 Å². The zero-order valence-electron chi connectivity index (χ0n) is 9.39. The van der Waals surface area contributed by atoms with Crippen LogP contribution in [0.5, 0.6) is 0 Å². The molecule has 1 unspecified atom stereocenters. The third-order valence-corrected chi connectivity index (χ3v) is 4.03. The van der Waals surface area contributed by atoms with Crippen LogP contribution < -0.4 is 5.32 Å². The molecule has 1 aliphatic rings.